The Balaban J connectivity index is 2.29. The average Bonchev–Trinajstić information content (AvgIpc) is 2.42. The number of ether oxygens (including phenoxy) is 1. The summed E-state index contributed by atoms with van der Waals surface area (Å²) in [6.45, 7) is 8.05. The van der Waals surface area contributed by atoms with Gasteiger partial charge in [0.15, 0.2) is 0 Å². The molecule has 0 saturated heterocycles. The highest BCUT2D eigenvalue weighted by molar-refractivity contribution is 5.42. The zero-order valence-corrected chi connectivity index (χ0v) is 13.4. The molecule has 3 nitrogen and oxygen atoms in total. The first-order valence-electron chi connectivity index (χ1n) is 7.18. The van der Waals surface area contributed by atoms with Crippen molar-refractivity contribution in [3.8, 4) is 5.75 Å². The van der Waals surface area contributed by atoms with E-state index in [9.17, 15) is 5.11 Å². The third-order valence-corrected chi connectivity index (χ3v) is 3.92. The minimum atomic E-state index is -0.552. The largest absolute Gasteiger partial charge is 0.496 e. The van der Waals surface area contributed by atoms with Crippen LogP contribution in [-0.2, 0) is 6.42 Å². The van der Waals surface area contributed by atoms with Gasteiger partial charge in [-0.05, 0) is 38.8 Å². The quantitative estimate of drug-likeness (QED) is 0.933. The molecule has 3 heteroatoms. The highest BCUT2D eigenvalue weighted by atomic mass is 16.5. The molecule has 0 aliphatic heterocycles. The van der Waals surface area contributed by atoms with Crippen LogP contribution in [0, 0.1) is 27.7 Å². The van der Waals surface area contributed by atoms with Gasteiger partial charge in [-0.15, -0.1) is 0 Å². The molecule has 112 valence electrons. The molecule has 1 N–H and O–H groups in total. The fourth-order valence-corrected chi connectivity index (χ4v) is 2.77. The molecule has 0 aliphatic rings. The molecule has 1 unspecified atom stereocenters. The van der Waals surface area contributed by atoms with Gasteiger partial charge in [-0.3, -0.25) is 4.98 Å². The summed E-state index contributed by atoms with van der Waals surface area (Å²) >= 11 is 0. The summed E-state index contributed by atoms with van der Waals surface area (Å²) in [5.41, 5.74) is 6.17. The number of rotatable bonds is 4. The van der Waals surface area contributed by atoms with Gasteiger partial charge in [-0.25, -0.2) is 0 Å². The van der Waals surface area contributed by atoms with Gasteiger partial charge < -0.3 is 9.84 Å². The molecule has 0 aliphatic carbocycles. The monoisotopic (exact) mass is 285 g/mol. The fraction of sp³-hybridized carbons (Fsp3) is 0.389. The lowest BCUT2D eigenvalue weighted by Crippen LogP contribution is -2.08. The van der Waals surface area contributed by atoms with E-state index in [-0.39, 0.29) is 0 Å². The van der Waals surface area contributed by atoms with Crippen molar-refractivity contribution in [1.82, 2.24) is 4.98 Å². The summed E-state index contributed by atoms with van der Waals surface area (Å²) in [5.74, 6) is 0.854. The molecule has 1 aromatic heterocycles. The van der Waals surface area contributed by atoms with E-state index in [4.69, 9.17) is 4.74 Å². The van der Waals surface area contributed by atoms with Crippen molar-refractivity contribution >= 4 is 0 Å². The third-order valence-electron chi connectivity index (χ3n) is 3.92. The second kappa shape index (κ2) is 6.27. The van der Waals surface area contributed by atoms with E-state index in [1.807, 2.05) is 32.9 Å². The topological polar surface area (TPSA) is 42.4 Å². The molecule has 0 radical (unpaired) electrons. The maximum atomic E-state index is 10.5. The van der Waals surface area contributed by atoms with Gasteiger partial charge in [-0.2, -0.15) is 0 Å². The molecule has 2 aromatic rings. The van der Waals surface area contributed by atoms with Crippen molar-refractivity contribution in [3.63, 3.8) is 0 Å². The first kappa shape index (κ1) is 15.5. The summed E-state index contributed by atoms with van der Waals surface area (Å²) in [7, 11) is 1.67. The van der Waals surface area contributed by atoms with E-state index in [0.717, 1.165) is 33.7 Å². The van der Waals surface area contributed by atoms with Gasteiger partial charge in [0.1, 0.15) is 5.75 Å². The number of pyridine rings is 1. The van der Waals surface area contributed by atoms with E-state index < -0.39 is 6.10 Å². The number of methoxy groups -OCH3 is 1. The zero-order valence-electron chi connectivity index (χ0n) is 13.4. The Labute approximate surface area is 126 Å². The van der Waals surface area contributed by atoms with Crippen LogP contribution in [0.15, 0.2) is 24.4 Å². The van der Waals surface area contributed by atoms with Crippen LogP contribution in [0.3, 0.4) is 0 Å². The minimum Gasteiger partial charge on any atom is -0.496 e. The smallest absolute Gasteiger partial charge is 0.128 e. The van der Waals surface area contributed by atoms with E-state index in [1.54, 1.807) is 13.3 Å². The number of hydrogen-bond acceptors (Lipinski definition) is 3. The first-order valence-corrected chi connectivity index (χ1v) is 7.18. The molecular weight excluding hydrogens is 262 g/mol. The van der Waals surface area contributed by atoms with Crippen molar-refractivity contribution in [2.75, 3.05) is 7.11 Å². The van der Waals surface area contributed by atoms with E-state index in [2.05, 4.69) is 18.0 Å². The molecule has 1 atom stereocenters. The van der Waals surface area contributed by atoms with Crippen molar-refractivity contribution in [3.05, 3.63) is 57.9 Å². The number of aryl methyl sites for hydroxylation is 3. The van der Waals surface area contributed by atoms with Crippen LogP contribution in [0.1, 0.15) is 39.6 Å². The molecule has 0 saturated carbocycles. The van der Waals surface area contributed by atoms with Crippen LogP contribution in [0.5, 0.6) is 5.75 Å². The highest BCUT2D eigenvalue weighted by Gasteiger charge is 2.16. The number of aliphatic hydroxyl groups excluding tert-OH is 1. The third kappa shape index (κ3) is 3.24. The molecule has 0 spiro atoms. The number of hydrogen-bond donors (Lipinski definition) is 1. The molecule has 1 heterocycles. The van der Waals surface area contributed by atoms with Crippen LogP contribution < -0.4 is 4.74 Å². The van der Waals surface area contributed by atoms with E-state index >= 15 is 0 Å². The minimum absolute atomic E-state index is 0.492. The van der Waals surface area contributed by atoms with Gasteiger partial charge in [0, 0.05) is 29.4 Å². The van der Waals surface area contributed by atoms with Crippen molar-refractivity contribution < 1.29 is 9.84 Å². The van der Waals surface area contributed by atoms with Crippen LogP contribution in [0.4, 0.5) is 0 Å². The van der Waals surface area contributed by atoms with E-state index in [1.165, 1.54) is 5.56 Å². The Morgan fingerprint density at radius 2 is 1.86 bits per heavy atom. The molecule has 0 bridgehead atoms. The summed E-state index contributed by atoms with van der Waals surface area (Å²) in [6.07, 6.45) is 1.74. The predicted molar refractivity (Wildman–Crippen MR) is 84.8 cm³/mol. The second-order valence-electron chi connectivity index (χ2n) is 5.63. The van der Waals surface area contributed by atoms with Gasteiger partial charge >= 0.3 is 0 Å². The first-order chi connectivity index (χ1) is 9.93. The van der Waals surface area contributed by atoms with Gasteiger partial charge in [-0.1, -0.05) is 23.8 Å². The summed E-state index contributed by atoms with van der Waals surface area (Å²) in [5, 5.41) is 10.5. The SMILES string of the molecule is COc1c(C)cnc(CC(O)c2ccc(C)cc2C)c1C. The van der Waals surface area contributed by atoms with Crippen molar-refractivity contribution in [2.24, 2.45) is 0 Å². The Morgan fingerprint density at radius 1 is 1.14 bits per heavy atom. The molecular formula is C18H23NO2. The molecule has 2 rings (SSSR count). The van der Waals surface area contributed by atoms with Crippen LogP contribution >= 0.6 is 0 Å². The summed E-state index contributed by atoms with van der Waals surface area (Å²) in [4.78, 5) is 4.46. The molecule has 1 aromatic carbocycles. The maximum absolute atomic E-state index is 10.5. The zero-order chi connectivity index (χ0) is 15.6. The lowest BCUT2D eigenvalue weighted by Gasteiger charge is -2.17. The van der Waals surface area contributed by atoms with Crippen molar-refractivity contribution in [1.29, 1.82) is 0 Å². The number of aromatic nitrogens is 1. The Bertz CT molecular complexity index is 650. The maximum Gasteiger partial charge on any atom is 0.128 e. The fourth-order valence-electron chi connectivity index (χ4n) is 2.77. The van der Waals surface area contributed by atoms with Crippen LogP contribution in [-0.4, -0.2) is 17.2 Å². The Morgan fingerprint density at radius 3 is 2.48 bits per heavy atom. The lowest BCUT2D eigenvalue weighted by molar-refractivity contribution is 0.176. The number of aliphatic hydroxyl groups is 1. The molecule has 0 amide bonds. The van der Waals surface area contributed by atoms with Gasteiger partial charge in [0.25, 0.3) is 0 Å². The Kier molecular flexibility index (Phi) is 4.63. The standard InChI is InChI=1S/C18H23NO2/c1-11-6-7-15(12(2)8-11)17(20)9-16-14(4)18(21-5)13(3)10-19-16/h6-8,10,17,20H,9H2,1-5H3. The second-order valence-corrected chi connectivity index (χ2v) is 5.63. The van der Waals surface area contributed by atoms with Gasteiger partial charge in [0.2, 0.25) is 0 Å². The van der Waals surface area contributed by atoms with E-state index in [0.29, 0.717) is 6.42 Å². The van der Waals surface area contributed by atoms with Crippen LogP contribution in [0.2, 0.25) is 0 Å². The number of nitrogens with zero attached hydrogens (tertiary/aromatic N) is 1. The highest BCUT2D eigenvalue weighted by Crippen LogP contribution is 2.28. The van der Waals surface area contributed by atoms with Crippen LogP contribution in [0.25, 0.3) is 0 Å². The number of benzene rings is 1. The summed E-state index contributed by atoms with van der Waals surface area (Å²) < 4.78 is 5.42. The summed E-state index contributed by atoms with van der Waals surface area (Å²) in [6, 6.07) is 6.12. The lowest BCUT2D eigenvalue weighted by atomic mass is 9.96. The average molecular weight is 285 g/mol. The molecule has 21 heavy (non-hydrogen) atoms. The van der Waals surface area contributed by atoms with Gasteiger partial charge in [0.05, 0.1) is 13.2 Å². The predicted octanol–water partition coefficient (Wildman–Crippen LogP) is 3.60. The van der Waals surface area contributed by atoms with Crippen molar-refractivity contribution in [2.45, 2.75) is 40.2 Å². The normalized spacial score (nSPS) is 12.3. The Hall–Kier alpha value is -1.87. The molecule has 0 fully saturated rings.